The first-order chi connectivity index (χ1) is 5.71. The highest BCUT2D eigenvalue weighted by atomic mass is 32.1. The number of hydrogen-bond acceptors (Lipinski definition) is 4. The van der Waals surface area contributed by atoms with Gasteiger partial charge in [0.2, 0.25) is 0 Å². The molecule has 0 unspecified atom stereocenters. The van der Waals surface area contributed by atoms with Crippen molar-refractivity contribution in [1.82, 2.24) is 9.36 Å². The molecule has 0 aromatic carbocycles. The van der Waals surface area contributed by atoms with E-state index in [0.29, 0.717) is 0 Å². The molecule has 3 nitrogen and oxygen atoms in total. The molecule has 0 radical (unpaired) electrons. The Morgan fingerprint density at radius 3 is 2.67 bits per heavy atom. The van der Waals surface area contributed by atoms with Gasteiger partial charge in [-0.15, -0.1) is 0 Å². The standard InChI is InChI=1S/C8H11N3S/c1-6-10-7(12-11-6)8(9)4-2-3-5-8/h2-3H,4-5,9H2,1H3. The van der Waals surface area contributed by atoms with Crippen LogP contribution in [0.2, 0.25) is 0 Å². The Bertz CT molecular complexity index is 308. The third kappa shape index (κ3) is 1.17. The minimum absolute atomic E-state index is 0.258. The second kappa shape index (κ2) is 2.64. The molecule has 1 heterocycles. The summed E-state index contributed by atoms with van der Waals surface area (Å²) in [6.07, 6.45) is 6.00. The van der Waals surface area contributed by atoms with E-state index in [1.54, 1.807) is 0 Å². The Balaban J connectivity index is 2.30. The van der Waals surface area contributed by atoms with Crippen LogP contribution in [0.1, 0.15) is 23.7 Å². The van der Waals surface area contributed by atoms with Crippen molar-refractivity contribution < 1.29 is 0 Å². The van der Waals surface area contributed by atoms with Crippen LogP contribution >= 0.6 is 11.5 Å². The van der Waals surface area contributed by atoms with Crippen molar-refractivity contribution in [2.24, 2.45) is 5.73 Å². The van der Waals surface area contributed by atoms with Gasteiger partial charge in [-0.3, -0.25) is 0 Å². The van der Waals surface area contributed by atoms with Crippen LogP contribution in [-0.2, 0) is 5.54 Å². The molecule has 1 aromatic heterocycles. The zero-order chi connectivity index (χ0) is 8.60. The van der Waals surface area contributed by atoms with Gasteiger partial charge in [-0.1, -0.05) is 12.2 Å². The predicted octanol–water partition coefficient (Wildman–Crippen LogP) is 1.35. The lowest BCUT2D eigenvalue weighted by Crippen LogP contribution is -2.33. The van der Waals surface area contributed by atoms with Gasteiger partial charge in [-0.2, -0.15) is 4.37 Å². The molecule has 12 heavy (non-hydrogen) atoms. The number of nitrogens with two attached hydrogens (primary N) is 1. The SMILES string of the molecule is Cc1nsc(C2(N)CC=CC2)n1. The van der Waals surface area contributed by atoms with E-state index in [-0.39, 0.29) is 5.54 Å². The second-order valence-electron chi connectivity index (χ2n) is 3.18. The topological polar surface area (TPSA) is 51.8 Å². The molecule has 1 aliphatic carbocycles. The molecular weight excluding hydrogens is 170 g/mol. The average molecular weight is 181 g/mol. The Labute approximate surface area is 75.5 Å². The van der Waals surface area contributed by atoms with E-state index in [4.69, 9.17) is 5.73 Å². The van der Waals surface area contributed by atoms with E-state index >= 15 is 0 Å². The van der Waals surface area contributed by atoms with Crippen molar-refractivity contribution in [2.75, 3.05) is 0 Å². The minimum atomic E-state index is -0.258. The van der Waals surface area contributed by atoms with Crippen molar-refractivity contribution in [1.29, 1.82) is 0 Å². The average Bonchev–Trinajstić information content (AvgIpc) is 2.59. The molecule has 64 valence electrons. The zero-order valence-corrected chi connectivity index (χ0v) is 7.77. The second-order valence-corrected chi connectivity index (χ2v) is 3.93. The van der Waals surface area contributed by atoms with E-state index in [9.17, 15) is 0 Å². The summed E-state index contributed by atoms with van der Waals surface area (Å²) in [5.41, 5.74) is 5.88. The Morgan fingerprint density at radius 2 is 2.17 bits per heavy atom. The van der Waals surface area contributed by atoms with Crippen molar-refractivity contribution in [2.45, 2.75) is 25.3 Å². The van der Waals surface area contributed by atoms with Crippen molar-refractivity contribution in [3.63, 3.8) is 0 Å². The number of nitrogens with zero attached hydrogens (tertiary/aromatic N) is 2. The van der Waals surface area contributed by atoms with Crippen molar-refractivity contribution in [3.8, 4) is 0 Å². The van der Waals surface area contributed by atoms with Gasteiger partial charge in [0, 0.05) is 0 Å². The third-order valence-electron chi connectivity index (χ3n) is 2.08. The summed E-state index contributed by atoms with van der Waals surface area (Å²) >= 11 is 1.42. The van der Waals surface area contributed by atoms with Crippen LogP contribution in [0.3, 0.4) is 0 Å². The van der Waals surface area contributed by atoms with E-state index in [2.05, 4.69) is 21.5 Å². The van der Waals surface area contributed by atoms with Crippen LogP contribution in [0.4, 0.5) is 0 Å². The Morgan fingerprint density at radius 1 is 1.50 bits per heavy atom. The van der Waals surface area contributed by atoms with Crippen LogP contribution in [0.25, 0.3) is 0 Å². The molecule has 0 amide bonds. The summed E-state index contributed by atoms with van der Waals surface area (Å²) in [6, 6.07) is 0. The van der Waals surface area contributed by atoms with Crippen LogP contribution in [0, 0.1) is 6.92 Å². The maximum atomic E-state index is 6.14. The molecule has 2 rings (SSSR count). The molecule has 1 aliphatic rings. The minimum Gasteiger partial charge on any atom is -0.319 e. The summed E-state index contributed by atoms with van der Waals surface area (Å²) in [5.74, 6) is 0.826. The highest BCUT2D eigenvalue weighted by Gasteiger charge is 2.31. The quantitative estimate of drug-likeness (QED) is 0.665. The summed E-state index contributed by atoms with van der Waals surface area (Å²) in [4.78, 5) is 4.31. The molecule has 1 aromatic rings. The van der Waals surface area contributed by atoms with Gasteiger partial charge in [-0.05, 0) is 31.3 Å². The number of hydrogen-bond donors (Lipinski definition) is 1. The van der Waals surface area contributed by atoms with Gasteiger partial charge in [0.05, 0.1) is 5.54 Å². The smallest absolute Gasteiger partial charge is 0.139 e. The molecule has 0 saturated heterocycles. The highest BCUT2D eigenvalue weighted by molar-refractivity contribution is 7.05. The van der Waals surface area contributed by atoms with E-state index in [1.807, 2.05) is 6.92 Å². The summed E-state index contributed by atoms with van der Waals surface area (Å²) in [7, 11) is 0. The molecule has 0 spiro atoms. The molecule has 2 N–H and O–H groups in total. The van der Waals surface area contributed by atoms with Gasteiger partial charge >= 0.3 is 0 Å². The van der Waals surface area contributed by atoms with Crippen LogP contribution in [-0.4, -0.2) is 9.36 Å². The molecule has 0 bridgehead atoms. The zero-order valence-electron chi connectivity index (χ0n) is 6.95. The first-order valence-electron chi connectivity index (χ1n) is 3.95. The van der Waals surface area contributed by atoms with Gasteiger partial charge in [-0.25, -0.2) is 4.98 Å². The Hall–Kier alpha value is -0.740. The number of aromatic nitrogens is 2. The summed E-state index contributed by atoms with van der Waals surface area (Å²) in [5, 5.41) is 0.963. The largest absolute Gasteiger partial charge is 0.319 e. The monoisotopic (exact) mass is 181 g/mol. The maximum Gasteiger partial charge on any atom is 0.139 e. The fourth-order valence-corrected chi connectivity index (χ4v) is 2.13. The molecule has 0 atom stereocenters. The highest BCUT2D eigenvalue weighted by Crippen LogP contribution is 2.32. The van der Waals surface area contributed by atoms with Crippen LogP contribution in [0.5, 0.6) is 0 Å². The van der Waals surface area contributed by atoms with Crippen LogP contribution < -0.4 is 5.73 Å². The number of rotatable bonds is 1. The lowest BCUT2D eigenvalue weighted by atomic mass is 10.00. The summed E-state index contributed by atoms with van der Waals surface area (Å²) in [6.45, 7) is 1.89. The molecule has 0 saturated carbocycles. The molecular formula is C8H11N3S. The van der Waals surface area contributed by atoms with Crippen LogP contribution in [0.15, 0.2) is 12.2 Å². The van der Waals surface area contributed by atoms with Gasteiger partial charge in [0.1, 0.15) is 10.8 Å². The fraction of sp³-hybridized carbons (Fsp3) is 0.500. The van der Waals surface area contributed by atoms with Gasteiger partial charge in [0.25, 0.3) is 0 Å². The van der Waals surface area contributed by atoms with E-state index in [0.717, 1.165) is 23.7 Å². The summed E-state index contributed by atoms with van der Waals surface area (Å²) < 4.78 is 4.13. The normalized spacial score (nSPS) is 20.2. The first-order valence-corrected chi connectivity index (χ1v) is 4.73. The van der Waals surface area contributed by atoms with Crippen molar-refractivity contribution >= 4 is 11.5 Å². The Kier molecular flexibility index (Phi) is 1.73. The lowest BCUT2D eigenvalue weighted by Gasteiger charge is -2.19. The van der Waals surface area contributed by atoms with E-state index < -0.39 is 0 Å². The number of aryl methyl sites for hydroxylation is 1. The lowest BCUT2D eigenvalue weighted by molar-refractivity contribution is 0.477. The molecule has 0 fully saturated rings. The van der Waals surface area contributed by atoms with Gasteiger partial charge < -0.3 is 5.73 Å². The molecule has 4 heteroatoms. The third-order valence-corrected chi connectivity index (χ3v) is 3.11. The first kappa shape index (κ1) is 7.89. The van der Waals surface area contributed by atoms with Crippen molar-refractivity contribution in [3.05, 3.63) is 23.0 Å². The van der Waals surface area contributed by atoms with E-state index in [1.165, 1.54) is 11.5 Å². The fourth-order valence-electron chi connectivity index (χ4n) is 1.34. The molecule has 0 aliphatic heterocycles. The predicted molar refractivity (Wildman–Crippen MR) is 48.9 cm³/mol. The van der Waals surface area contributed by atoms with Gasteiger partial charge in [0.15, 0.2) is 0 Å². The maximum absolute atomic E-state index is 6.14.